The molecule has 2 N–H and O–H groups in total. The third kappa shape index (κ3) is 6.88. The van der Waals surface area contributed by atoms with Crippen LogP contribution in [0.2, 0.25) is 10.0 Å². The van der Waals surface area contributed by atoms with Crippen molar-refractivity contribution in [2.75, 3.05) is 17.2 Å². The molecule has 0 saturated heterocycles. The molecule has 166 valence electrons. The molecule has 0 radical (unpaired) electrons. The summed E-state index contributed by atoms with van der Waals surface area (Å²) in [7, 11) is 0. The summed E-state index contributed by atoms with van der Waals surface area (Å²) in [5.41, 5.74) is 1.12. The molecular weight excluding hydrogens is 519 g/mol. The summed E-state index contributed by atoms with van der Waals surface area (Å²) in [5, 5.41) is 6.48. The SMILES string of the molecule is CC(Oc1ccccc1Cl)C(=O)Nc1ccc(NC(=O)COc2ccc(Cl)cc2Br)cc1. The van der Waals surface area contributed by atoms with E-state index >= 15 is 0 Å². The van der Waals surface area contributed by atoms with E-state index in [0.717, 1.165) is 0 Å². The molecule has 0 spiro atoms. The molecular formula is C23H19BrCl2N2O4. The van der Waals surface area contributed by atoms with Gasteiger partial charge in [-0.3, -0.25) is 9.59 Å². The summed E-state index contributed by atoms with van der Waals surface area (Å²) in [6.45, 7) is 1.46. The van der Waals surface area contributed by atoms with Crippen LogP contribution in [0.4, 0.5) is 11.4 Å². The topological polar surface area (TPSA) is 76.7 Å². The molecule has 0 saturated carbocycles. The maximum Gasteiger partial charge on any atom is 0.265 e. The second-order valence-electron chi connectivity index (χ2n) is 6.67. The van der Waals surface area contributed by atoms with Crippen LogP contribution in [-0.4, -0.2) is 24.5 Å². The van der Waals surface area contributed by atoms with Crippen molar-refractivity contribution in [2.24, 2.45) is 0 Å². The molecule has 3 aromatic carbocycles. The van der Waals surface area contributed by atoms with E-state index in [1.807, 2.05) is 0 Å². The zero-order chi connectivity index (χ0) is 23.1. The van der Waals surface area contributed by atoms with Gasteiger partial charge in [0.05, 0.1) is 9.50 Å². The Kier molecular flexibility index (Phi) is 8.39. The molecule has 0 aliphatic heterocycles. The number of anilines is 2. The minimum absolute atomic E-state index is 0.171. The van der Waals surface area contributed by atoms with Gasteiger partial charge in [0.2, 0.25) is 0 Å². The number of ether oxygens (including phenoxy) is 2. The molecule has 0 fully saturated rings. The Morgan fingerprint density at radius 3 is 2.25 bits per heavy atom. The van der Waals surface area contributed by atoms with Gasteiger partial charge in [0.1, 0.15) is 11.5 Å². The first-order chi connectivity index (χ1) is 15.3. The first kappa shape index (κ1) is 23.9. The lowest BCUT2D eigenvalue weighted by atomic mass is 10.2. The fourth-order valence-corrected chi connectivity index (χ4v) is 3.58. The van der Waals surface area contributed by atoms with Crippen molar-refractivity contribution in [3.63, 3.8) is 0 Å². The number of carbonyl (C=O) groups excluding carboxylic acids is 2. The molecule has 6 nitrogen and oxygen atoms in total. The quantitative estimate of drug-likeness (QED) is 0.359. The smallest absolute Gasteiger partial charge is 0.265 e. The van der Waals surface area contributed by atoms with Crippen molar-refractivity contribution in [3.8, 4) is 11.5 Å². The predicted octanol–water partition coefficient (Wildman–Crippen LogP) is 6.18. The average molecular weight is 538 g/mol. The normalized spacial score (nSPS) is 11.4. The van der Waals surface area contributed by atoms with Crippen molar-refractivity contribution in [1.29, 1.82) is 0 Å². The van der Waals surface area contributed by atoms with E-state index in [9.17, 15) is 9.59 Å². The van der Waals surface area contributed by atoms with Gasteiger partial charge in [-0.2, -0.15) is 0 Å². The fourth-order valence-electron chi connectivity index (χ4n) is 2.60. The van der Waals surface area contributed by atoms with E-state index in [1.54, 1.807) is 73.7 Å². The zero-order valence-electron chi connectivity index (χ0n) is 16.9. The van der Waals surface area contributed by atoms with E-state index in [-0.39, 0.29) is 18.4 Å². The summed E-state index contributed by atoms with van der Waals surface area (Å²) in [4.78, 5) is 24.5. The van der Waals surface area contributed by atoms with Crippen LogP contribution in [0, 0.1) is 0 Å². The molecule has 9 heteroatoms. The Balaban J connectivity index is 1.49. The lowest BCUT2D eigenvalue weighted by molar-refractivity contribution is -0.122. The molecule has 0 heterocycles. The number of hydrogen-bond acceptors (Lipinski definition) is 4. The highest BCUT2D eigenvalue weighted by atomic mass is 79.9. The molecule has 0 bridgehead atoms. The molecule has 1 atom stereocenters. The largest absolute Gasteiger partial charge is 0.483 e. The number of halogens is 3. The molecule has 2 amide bonds. The molecule has 32 heavy (non-hydrogen) atoms. The van der Waals surface area contributed by atoms with Crippen molar-refractivity contribution < 1.29 is 19.1 Å². The van der Waals surface area contributed by atoms with Crippen molar-refractivity contribution >= 4 is 62.3 Å². The highest BCUT2D eigenvalue weighted by Crippen LogP contribution is 2.28. The van der Waals surface area contributed by atoms with Gasteiger partial charge in [-0.05, 0) is 77.5 Å². The number of nitrogens with one attached hydrogen (secondary N) is 2. The van der Waals surface area contributed by atoms with Gasteiger partial charge >= 0.3 is 0 Å². The van der Waals surface area contributed by atoms with Gasteiger partial charge in [0.15, 0.2) is 12.7 Å². The van der Waals surface area contributed by atoms with Gasteiger partial charge in [-0.1, -0.05) is 35.3 Å². The van der Waals surface area contributed by atoms with Crippen molar-refractivity contribution in [1.82, 2.24) is 0 Å². The maximum absolute atomic E-state index is 12.4. The van der Waals surface area contributed by atoms with Crippen LogP contribution in [0.1, 0.15) is 6.92 Å². The number of para-hydroxylation sites is 1. The number of hydrogen-bond donors (Lipinski definition) is 2. The van der Waals surface area contributed by atoms with Crippen LogP contribution in [-0.2, 0) is 9.59 Å². The highest BCUT2D eigenvalue weighted by molar-refractivity contribution is 9.10. The highest BCUT2D eigenvalue weighted by Gasteiger charge is 2.16. The Hall–Kier alpha value is -2.74. The van der Waals surface area contributed by atoms with Crippen LogP contribution in [0.15, 0.2) is 71.2 Å². The summed E-state index contributed by atoms with van der Waals surface area (Å²) < 4.78 is 11.8. The standard InChI is InChI=1S/C23H19BrCl2N2O4/c1-14(32-21-5-3-2-4-19(21)26)23(30)28-17-9-7-16(8-10-17)27-22(29)13-31-20-11-6-15(25)12-18(20)24/h2-12,14H,13H2,1H3,(H,27,29)(H,28,30). The number of amides is 2. The van der Waals surface area contributed by atoms with Gasteiger partial charge in [0.25, 0.3) is 11.8 Å². The van der Waals surface area contributed by atoms with Crippen molar-refractivity contribution in [3.05, 3.63) is 81.2 Å². The van der Waals surface area contributed by atoms with E-state index in [4.69, 9.17) is 32.7 Å². The minimum atomic E-state index is -0.751. The molecule has 0 aliphatic rings. The van der Waals surface area contributed by atoms with E-state index in [1.165, 1.54) is 0 Å². The lowest BCUT2D eigenvalue weighted by Gasteiger charge is -2.16. The lowest BCUT2D eigenvalue weighted by Crippen LogP contribution is -2.30. The predicted molar refractivity (Wildman–Crippen MR) is 130 cm³/mol. The molecule has 3 rings (SSSR count). The minimum Gasteiger partial charge on any atom is -0.483 e. The second-order valence-corrected chi connectivity index (χ2v) is 8.37. The fraction of sp³-hybridized carbons (Fsp3) is 0.130. The monoisotopic (exact) mass is 536 g/mol. The number of rotatable bonds is 8. The van der Waals surface area contributed by atoms with Crippen LogP contribution < -0.4 is 20.1 Å². The molecule has 0 aromatic heterocycles. The Morgan fingerprint density at radius 2 is 1.59 bits per heavy atom. The van der Waals surface area contributed by atoms with Crippen LogP contribution in [0.3, 0.4) is 0 Å². The van der Waals surface area contributed by atoms with Gasteiger partial charge < -0.3 is 20.1 Å². The molecule has 3 aromatic rings. The van der Waals surface area contributed by atoms with E-state index in [0.29, 0.717) is 37.4 Å². The number of carbonyl (C=O) groups is 2. The van der Waals surface area contributed by atoms with Gasteiger partial charge in [-0.15, -0.1) is 0 Å². The molecule has 0 aliphatic carbocycles. The van der Waals surface area contributed by atoms with E-state index in [2.05, 4.69) is 26.6 Å². The first-order valence-electron chi connectivity index (χ1n) is 9.51. The Morgan fingerprint density at radius 1 is 0.938 bits per heavy atom. The third-order valence-electron chi connectivity index (χ3n) is 4.20. The summed E-state index contributed by atoms with van der Waals surface area (Å²) in [6, 6.07) is 18.7. The van der Waals surface area contributed by atoms with Crippen LogP contribution >= 0.6 is 39.1 Å². The number of benzene rings is 3. The Bertz CT molecular complexity index is 1110. The third-order valence-corrected chi connectivity index (χ3v) is 5.37. The van der Waals surface area contributed by atoms with E-state index < -0.39 is 6.10 Å². The molecule has 1 unspecified atom stereocenters. The van der Waals surface area contributed by atoms with Crippen LogP contribution in [0.5, 0.6) is 11.5 Å². The van der Waals surface area contributed by atoms with Gasteiger partial charge in [0, 0.05) is 16.4 Å². The van der Waals surface area contributed by atoms with Crippen LogP contribution in [0.25, 0.3) is 0 Å². The first-order valence-corrected chi connectivity index (χ1v) is 11.1. The second kappa shape index (κ2) is 11.2. The maximum atomic E-state index is 12.4. The zero-order valence-corrected chi connectivity index (χ0v) is 20.0. The average Bonchev–Trinajstić information content (AvgIpc) is 2.76. The Labute approximate surface area is 203 Å². The van der Waals surface area contributed by atoms with Crippen molar-refractivity contribution in [2.45, 2.75) is 13.0 Å². The summed E-state index contributed by atoms with van der Waals surface area (Å²) in [6.07, 6.45) is -0.751. The van der Waals surface area contributed by atoms with Gasteiger partial charge in [-0.25, -0.2) is 0 Å². The summed E-state index contributed by atoms with van der Waals surface area (Å²) in [5.74, 6) is 0.285. The summed E-state index contributed by atoms with van der Waals surface area (Å²) >= 11 is 15.3.